The second kappa shape index (κ2) is 4.22. The lowest BCUT2D eigenvalue weighted by Crippen LogP contribution is -2.32. The average molecular weight is 298 g/mol. The van der Waals surface area contributed by atoms with Crippen molar-refractivity contribution in [1.29, 1.82) is 0 Å². The van der Waals surface area contributed by atoms with Crippen LogP contribution >= 0.6 is 15.9 Å². The van der Waals surface area contributed by atoms with E-state index in [0.29, 0.717) is 11.4 Å². The van der Waals surface area contributed by atoms with Crippen LogP contribution in [-0.2, 0) is 0 Å². The molecule has 0 heterocycles. The van der Waals surface area contributed by atoms with Crippen LogP contribution in [0, 0.1) is 5.41 Å². The van der Waals surface area contributed by atoms with Gasteiger partial charge in [0.1, 0.15) is 0 Å². The van der Waals surface area contributed by atoms with Gasteiger partial charge in [-0.15, -0.1) is 0 Å². The van der Waals surface area contributed by atoms with Gasteiger partial charge in [-0.1, -0.05) is 13.8 Å². The molecule has 17 heavy (non-hydrogen) atoms. The summed E-state index contributed by atoms with van der Waals surface area (Å²) in [4.78, 5) is 11.7. The number of nitrogens with one attached hydrogen (secondary N) is 2. The number of anilines is 2. The third kappa shape index (κ3) is 2.91. The summed E-state index contributed by atoms with van der Waals surface area (Å²) < 4.78 is 0.817. The fraction of sp³-hybridized carbons (Fsp3) is 0.417. The molecule has 92 valence electrons. The predicted octanol–water partition coefficient (Wildman–Crippen LogP) is 2.95. The zero-order valence-electron chi connectivity index (χ0n) is 9.88. The minimum absolute atomic E-state index is 0.188. The Kier molecular flexibility index (Phi) is 3.03. The SMILES string of the molecule is CC1(C)CC1NC(=O)Nc1cc(N)ccc1Br. The number of hydrogen-bond acceptors (Lipinski definition) is 2. The lowest BCUT2D eigenvalue weighted by molar-refractivity contribution is 0.250. The average Bonchev–Trinajstić information content (AvgIpc) is 2.79. The molecule has 0 spiro atoms. The van der Waals surface area contributed by atoms with Gasteiger partial charge in [0, 0.05) is 16.2 Å². The minimum Gasteiger partial charge on any atom is -0.399 e. The third-order valence-corrected chi connectivity index (χ3v) is 3.75. The number of carbonyl (C=O) groups is 1. The second-order valence-electron chi connectivity index (χ2n) is 5.08. The minimum atomic E-state index is -0.188. The van der Waals surface area contributed by atoms with Crippen LogP contribution in [0.15, 0.2) is 22.7 Å². The maximum Gasteiger partial charge on any atom is 0.319 e. The van der Waals surface area contributed by atoms with Crippen LogP contribution in [0.5, 0.6) is 0 Å². The van der Waals surface area contributed by atoms with Crippen molar-refractivity contribution in [2.24, 2.45) is 5.41 Å². The molecule has 1 atom stereocenters. The van der Waals surface area contributed by atoms with E-state index < -0.39 is 0 Å². The van der Waals surface area contributed by atoms with Crippen LogP contribution in [-0.4, -0.2) is 12.1 Å². The van der Waals surface area contributed by atoms with E-state index in [1.54, 1.807) is 12.1 Å². The van der Waals surface area contributed by atoms with Gasteiger partial charge in [0.25, 0.3) is 0 Å². The van der Waals surface area contributed by atoms with Gasteiger partial charge in [0.15, 0.2) is 0 Å². The van der Waals surface area contributed by atoms with Crippen LogP contribution in [0.3, 0.4) is 0 Å². The molecule has 1 aliphatic rings. The van der Waals surface area contributed by atoms with Gasteiger partial charge in [0.05, 0.1) is 5.69 Å². The molecular weight excluding hydrogens is 282 g/mol. The van der Waals surface area contributed by atoms with Crippen LogP contribution < -0.4 is 16.4 Å². The first kappa shape index (κ1) is 12.2. The Hall–Kier alpha value is -1.23. The normalized spacial score (nSPS) is 20.8. The summed E-state index contributed by atoms with van der Waals surface area (Å²) in [7, 11) is 0. The summed E-state index contributed by atoms with van der Waals surface area (Å²) in [5.41, 5.74) is 7.20. The van der Waals surface area contributed by atoms with Gasteiger partial charge in [-0.3, -0.25) is 0 Å². The van der Waals surface area contributed by atoms with Gasteiger partial charge in [0.2, 0.25) is 0 Å². The van der Waals surface area contributed by atoms with E-state index in [4.69, 9.17) is 5.73 Å². The molecule has 0 bridgehead atoms. The quantitative estimate of drug-likeness (QED) is 0.735. The molecule has 0 aromatic heterocycles. The molecule has 1 unspecified atom stereocenters. The fourth-order valence-electron chi connectivity index (χ4n) is 1.67. The van der Waals surface area contributed by atoms with Crippen molar-refractivity contribution in [3.63, 3.8) is 0 Å². The van der Waals surface area contributed by atoms with E-state index in [1.165, 1.54) is 0 Å². The number of hydrogen-bond donors (Lipinski definition) is 3. The van der Waals surface area contributed by atoms with Gasteiger partial charge < -0.3 is 16.4 Å². The maximum atomic E-state index is 11.7. The molecule has 0 aliphatic heterocycles. The molecule has 1 aliphatic carbocycles. The molecule has 4 N–H and O–H groups in total. The summed E-state index contributed by atoms with van der Waals surface area (Å²) >= 11 is 3.37. The lowest BCUT2D eigenvalue weighted by Gasteiger charge is -2.10. The van der Waals surface area contributed by atoms with E-state index >= 15 is 0 Å². The summed E-state index contributed by atoms with van der Waals surface area (Å²) in [5.74, 6) is 0. The Morgan fingerprint density at radius 1 is 1.53 bits per heavy atom. The number of benzene rings is 1. The first-order valence-electron chi connectivity index (χ1n) is 5.51. The first-order chi connectivity index (χ1) is 7.88. The zero-order chi connectivity index (χ0) is 12.6. The van der Waals surface area contributed by atoms with Gasteiger partial charge >= 0.3 is 6.03 Å². The van der Waals surface area contributed by atoms with Crippen LogP contribution in [0.25, 0.3) is 0 Å². The molecule has 0 saturated heterocycles. The topological polar surface area (TPSA) is 67.2 Å². The summed E-state index contributed by atoms with van der Waals surface area (Å²) in [5, 5.41) is 5.71. The van der Waals surface area contributed by atoms with Gasteiger partial charge in [-0.2, -0.15) is 0 Å². The first-order valence-corrected chi connectivity index (χ1v) is 6.30. The third-order valence-electron chi connectivity index (χ3n) is 3.06. The molecule has 1 aromatic rings. The highest BCUT2D eigenvalue weighted by molar-refractivity contribution is 9.10. The smallest absolute Gasteiger partial charge is 0.319 e. The fourth-order valence-corrected chi connectivity index (χ4v) is 2.01. The van der Waals surface area contributed by atoms with Crippen molar-refractivity contribution < 1.29 is 4.79 Å². The predicted molar refractivity (Wildman–Crippen MR) is 72.9 cm³/mol. The highest BCUT2D eigenvalue weighted by atomic mass is 79.9. The van der Waals surface area contributed by atoms with Crippen molar-refractivity contribution in [3.05, 3.63) is 22.7 Å². The summed E-state index contributed by atoms with van der Waals surface area (Å²) in [6.07, 6.45) is 1.03. The van der Waals surface area contributed by atoms with Crippen molar-refractivity contribution in [2.75, 3.05) is 11.1 Å². The molecule has 5 heteroatoms. The number of urea groups is 1. The maximum absolute atomic E-state index is 11.7. The van der Waals surface area contributed by atoms with Crippen LogP contribution in [0.4, 0.5) is 16.2 Å². The Morgan fingerprint density at radius 3 is 2.76 bits per heavy atom. The van der Waals surface area contributed by atoms with E-state index in [2.05, 4.69) is 40.4 Å². The Balaban J connectivity index is 1.96. The number of carbonyl (C=O) groups excluding carboxylic acids is 1. The Bertz CT molecular complexity index is 459. The number of halogens is 1. The van der Waals surface area contributed by atoms with Crippen LogP contribution in [0.1, 0.15) is 20.3 Å². The molecular formula is C12H16BrN3O. The van der Waals surface area contributed by atoms with E-state index in [9.17, 15) is 4.79 Å². The van der Waals surface area contributed by atoms with E-state index in [0.717, 1.165) is 10.9 Å². The monoisotopic (exact) mass is 297 g/mol. The molecule has 4 nitrogen and oxygen atoms in total. The Labute approximate surface area is 109 Å². The summed E-state index contributed by atoms with van der Waals surface area (Å²) in [6.45, 7) is 4.27. The highest BCUT2D eigenvalue weighted by Crippen LogP contribution is 2.44. The van der Waals surface area contributed by atoms with Crippen molar-refractivity contribution in [1.82, 2.24) is 5.32 Å². The van der Waals surface area contributed by atoms with E-state index in [1.807, 2.05) is 6.07 Å². The molecule has 2 amide bonds. The van der Waals surface area contributed by atoms with Crippen molar-refractivity contribution in [3.8, 4) is 0 Å². The van der Waals surface area contributed by atoms with Gasteiger partial charge in [-0.25, -0.2) is 4.79 Å². The van der Waals surface area contributed by atoms with E-state index in [-0.39, 0.29) is 17.5 Å². The molecule has 1 aromatic carbocycles. The Morgan fingerprint density at radius 2 is 2.18 bits per heavy atom. The van der Waals surface area contributed by atoms with Crippen molar-refractivity contribution >= 4 is 33.3 Å². The van der Waals surface area contributed by atoms with Crippen molar-refractivity contribution in [2.45, 2.75) is 26.3 Å². The number of nitrogen functional groups attached to an aromatic ring is 1. The molecule has 0 radical (unpaired) electrons. The number of nitrogens with two attached hydrogens (primary N) is 1. The standard InChI is InChI=1S/C12H16BrN3O/c1-12(2)6-10(12)16-11(17)15-9-5-7(14)3-4-8(9)13/h3-5,10H,6,14H2,1-2H3,(H2,15,16,17). The molecule has 2 rings (SSSR count). The number of amides is 2. The van der Waals surface area contributed by atoms with Crippen LogP contribution in [0.2, 0.25) is 0 Å². The van der Waals surface area contributed by atoms with Gasteiger partial charge in [-0.05, 0) is 46.0 Å². The largest absolute Gasteiger partial charge is 0.399 e. The molecule has 1 saturated carbocycles. The molecule has 1 fully saturated rings. The summed E-state index contributed by atoms with van der Waals surface area (Å²) in [6, 6.07) is 5.39. The number of rotatable bonds is 2. The zero-order valence-corrected chi connectivity index (χ0v) is 11.5. The lowest BCUT2D eigenvalue weighted by atomic mass is 10.2. The highest BCUT2D eigenvalue weighted by Gasteiger charge is 2.46. The second-order valence-corrected chi connectivity index (χ2v) is 5.94.